The highest BCUT2D eigenvalue weighted by Gasteiger charge is 2.53. The van der Waals surface area contributed by atoms with Crippen LogP contribution in [-0.2, 0) is 10.3 Å². The van der Waals surface area contributed by atoms with Crippen LogP contribution >= 0.6 is 15.9 Å². The molecule has 3 aromatic carbocycles. The first-order valence-corrected chi connectivity index (χ1v) is 10.4. The quantitative estimate of drug-likeness (QED) is 0.361. The third kappa shape index (κ3) is 6.61. The van der Waals surface area contributed by atoms with Gasteiger partial charge in [0.15, 0.2) is 5.54 Å². The van der Waals surface area contributed by atoms with Crippen LogP contribution in [0.3, 0.4) is 0 Å². The standard InChI is InChI=1S/C13H13NO2.C10H9BrF3NO2/c1-9(16-13(14)15)11-8-4-6-10-5-2-3-7-12(10)11;1-9(10(12,13)14,15-8(16)17)6-2-4-7(11)5-3-6/h2-9H,1H3,(H2,14,15);2-5,15H,1H3,(H,16,17)/t2*9-/m00/s1. The summed E-state index contributed by atoms with van der Waals surface area (Å²) in [6.07, 6.45) is -7.53. The van der Waals surface area contributed by atoms with E-state index in [4.69, 9.17) is 15.6 Å². The number of fused-ring (bicyclic) bond motifs is 1. The van der Waals surface area contributed by atoms with Gasteiger partial charge in [-0.2, -0.15) is 13.2 Å². The molecule has 2 amide bonds. The van der Waals surface area contributed by atoms with Crippen molar-refractivity contribution in [2.45, 2.75) is 31.7 Å². The van der Waals surface area contributed by atoms with Gasteiger partial charge in [0, 0.05) is 10.0 Å². The zero-order valence-corrected chi connectivity index (χ0v) is 19.3. The number of primary amides is 1. The number of carboxylic acid groups (broad SMARTS) is 1. The predicted octanol–water partition coefficient (Wildman–Crippen LogP) is 6.49. The molecule has 0 aliphatic heterocycles. The SMILES string of the molecule is C[C@H](OC(N)=O)c1cccc2ccccc12.C[C@](NC(=O)O)(c1ccc(Br)cc1)C(F)(F)F. The summed E-state index contributed by atoms with van der Waals surface area (Å²) in [6, 6.07) is 19.1. The third-order valence-corrected chi connectivity index (χ3v) is 5.43. The molecule has 0 bridgehead atoms. The minimum Gasteiger partial charge on any atom is -0.465 e. The highest BCUT2D eigenvalue weighted by atomic mass is 79.9. The number of halogens is 4. The summed E-state index contributed by atoms with van der Waals surface area (Å²) in [5, 5.41) is 12.2. The van der Waals surface area contributed by atoms with E-state index >= 15 is 0 Å². The zero-order valence-electron chi connectivity index (χ0n) is 17.7. The Labute approximate surface area is 196 Å². The van der Waals surface area contributed by atoms with Crippen LogP contribution in [0.5, 0.6) is 0 Å². The molecule has 10 heteroatoms. The molecule has 0 saturated carbocycles. The summed E-state index contributed by atoms with van der Waals surface area (Å²) < 4.78 is 44.3. The smallest absolute Gasteiger partial charge is 0.415 e. The van der Waals surface area contributed by atoms with E-state index in [1.807, 2.05) is 49.4 Å². The van der Waals surface area contributed by atoms with Crippen molar-refractivity contribution >= 4 is 38.9 Å². The van der Waals surface area contributed by atoms with E-state index in [0.717, 1.165) is 23.3 Å². The molecule has 0 unspecified atom stereocenters. The Kier molecular flexibility index (Phi) is 8.32. The van der Waals surface area contributed by atoms with Crippen LogP contribution in [0, 0.1) is 0 Å². The topological polar surface area (TPSA) is 102 Å². The fourth-order valence-electron chi connectivity index (χ4n) is 3.15. The molecule has 0 heterocycles. The summed E-state index contributed by atoms with van der Waals surface area (Å²) in [6.45, 7) is 2.59. The summed E-state index contributed by atoms with van der Waals surface area (Å²) in [7, 11) is 0. The van der Waals surface area contributed by atoms with Crippen molar-refractivity contribution in [1.82, 2.24) is 5.32 Å². The molecule has 0 aliphatic rings. The molecule has 3 rings (SSSR count). The Hall–Kier alpha value is -3.27. The number of ether oxygens (including phenoxy) is 1. The molecule has 0 aromatic heterocycles. The maximum absolute atomic E-state index is 12.9. The van der Waals surface area contributed by atoms with Gasteiger partial charge in [-0.15, -0.1) is 0 Å². The maximum atomic E-state index is 12.9. The molecule has 0 spiro atoms. The molecule has 176 valence electrons. The average molecular weight is 527 g/mol. The van der Waals surface area contributed by atoms with Crippen LogP contribution in [0.15, 0.2) is 71.2 Å². The Morgan fingerprint density at radius 1 is 1.03 bits per heavy atom. The molecule has 0 aliphatic carbocycles. The highest BCUT2D eigenvalue weighted by molar-refractivity contribution is 9.10. The first-order valence-electron chi connectivity index (χ1n) is 9.63. The van der Waals surface area contributed by atoms with Crippen molar-refractivity contribution < 1.29 is 32.6 Å². The lowest BCUT2D eigenvalue weighted by molar-refractivity contribution is -0.192. The number of amides is 2. The Morgan fingerprint density at radius 3 is 2.15 bits per heavy atom. The largest absolute Gasteiger partial charge is 0.465 e. The van der Waals surface area contributed by atoms with Gasteiger partial charge in [0.1, 0.15) is 6.10 Å². The van der Waals surface area contributed by atoms with Crippen LogP contribution in [0.1, 0.15) is 31.1 Å². The second-order valence-corrected chi connectivity index (χ2v) is 8.12. The maximum Gasteiger partial charge on any atom is 0.415 e. The van der Waals surface area contributed by atoms with Crippen LogP contribution in [0.2, 0.25) is 0 Å². The number of hydrogen-bond acceptors (Lipinski definition) is 3. The lowest BCUT2D eigenvalue weighted by atomic mass is 9.91. The number of hydrogen-bond donors (Lipinski definition) is 3. The van der Waals surface area contributed by atoms with Crippen molar-refractivity contribution in [3.05, 3.63) is 82.3 Å². The third-order valence-electron chi connectivity index (χ3n) is 4.90. The van der Waals surface area contributed by atoms with Crippen LogP contribution in [-0.4, -0.2) is 23.5 Å². The molecule has 0 saturated heterocycles. The van der Waals surface area contributed by atoms with Crippen molar-refractivity contribution in [3.63, 3.8) is 0 Å². The van der Waals surface area contributed by atoms with E-state index in [2.05, 4.69) is 15.9 Å². The molecule has 6 nitrogen and oxygen atoms in total. The summed E-state index contributed by atoms with van der Waals surface area (Å²) in [4.78, 5) is 21.2. The summed E-state index contributed by atoms with van der Waals surface area (Å²) in [5.41, 5.74) is 3.19. The molecule has 4 N–H and O–H groups in total. The van der Waals surface area contributed by atoms with E-state index in [1.165, 1.54) is 29.6 Å². The van der Waals surface area contributed by atoms with E-state index < -0.39 is 23.9 Å². The Bertz CT molecular complexity index is 1120. The first kappa shape index (κ1) is 26.0. The van der Waals surface area contributed by atoms with Gasteiger partial charge in [-0.05, 0) is 42.3 Å². The Balaban J connectivity index is 0.000000234. The molecule has 0 fully saturated rings. The van der Waals surface area contributed by atoms with Gasteiger partial charge in [-0.25, -0.2) is 9.59 Å². The first-order chi connectivity index (χ1) is 15.3. The molecule has 0 radical (unpaired) electrons. The zero-order chi connectivity index (χ0) is 24.8. The molecular weight excluding hydrogens is 505 g/mol. The lowest BCUT2D eigenvalue weighted by Gasteiger charge is -2.32. The number of alkyl halides is 3. The second kappa shape index (κ2) is 10.6. The fraction of sp³-hybridized carbons (Fsp3) is 0.217. The number of nitrogens with two attached hydrogens (primary N) is 1. The van der Waals surface area contributed by atoms with Crippen LogP contribution in [0.25, 0.3) is 10.8 Å². The predicted molar refractivity (Wildman–Crippen MR) is 122 cm³/mol. The molecule has 3 aromatic rings. The molecular formula is C23H22BrF3N2O4. The van der Waals surface area contributed by atoms with Gasteiger partial charge in [0.05, 0.1) is 0 Å². The van der Waals surface area contributed by atoms with E-state index in [1.54, 1.807) is 0 Å². The van der Waals surface area contributed by atoms with E-state index in [-0.39, 0.29) is 11.7 Å². The second-order valence-electron chi connectivity index (χ2n) is 7.21. The number of rotatable bonds is 4. The average Bonchev–Trinajstić information content (AvgIpc) is 2.72. The normalized spacial score (nSPS) is 13.8. The number of nitrogens with one attached hydrogen (secondary N) is 1. The number of benzene rings is 3. The van der Waals surface area contributed by atoms with Crippen molar-refractivity contribution in [1.29, 1.82) is 0 Å². The minimum atomic E-state index is -4.72. The van der Waals surface area contributed by atoms with Gasteiger partial charge >= 0.3 is 18.4 Å². The van der Waals surface area contributed by atoms with Crippen LogP contribution < -0.4 is 11.1 Å². The van der Waals surface area contributed by atoms with Gasteiger partial charge in [-0.3, -0.25) is 0 Å². The molecule has 33 heavy (non-hydrogen) atoms. The summed E-state index contributed by atoms with van der Waals surface area (Å²) >= 11 is 3.10. The van der Waals surface area contributed by atoms with Crippen molar-refractivity contribution in [2.75, 3.05) is 0 Å². The minimum absolute atomic E-state index is 0.171. The van der Waals surface area contributed by atoms with Gasteiger partial charge in [-0.1, -0.05) is 70.5 Å². The molecule has 2 atom stereocenters. The van der Waals surface area contributed by atoms with E-state index in [0.29, 0.717) is 4.47 Å². The fourth-order valence-corrected chi connectivity index (χ4v) is 3.41. The van der Waals surface area contributed by atoms with Crippen LogP contribution in [0.4, 0.5) is 22.8 Å². The Morgan fingerprint density at radius 2 is 1.61 bits per heavy atom. The van der Waals surface area contributed by atoms with Gasteiger partial charge in [0.25, 0.3) is 0 Å². The lowest BCUT2D eigenvalue weighted by Crippen LogP contribution is -2.53. The van der Waals surface area contributed by atoms with Crippen molar-refractivity contribution in [3.8, 4) is 0 Å². The highest BCUT2D eigenvalue weighted by Crippen LogP contribution is 2.39. The monoisotopic (exact) mass is 526 g/mol. The summed E-state index contributed by atoms with van der Waals surface area (Å²) in [5.74, 6) is 0. The van der Waals surface area contributed by atoms with E-state index in [9.17, 15) is 22.8 Å². The number of carbonyl (C=O) groups is 2. The van der Waals surface area contributed by atoms with Gasteiger partial charge in [0.2, 0.25) is 0 Å². The van der Waals surface area contributed by atoms with Crippen molar-refractivity contribution in [2.24, 2.45) is 5.73 Å². The number of carbonyl (C=O) groups excluding carboxylic acids is 1. The van der Waals surface area contributed by atoms with Gasteiger partial charge < -0.3 is 20.9 Å².